The number of unbranched alkanes of at least 4 members (excludes halogenated alkanes) is 2. The fourth-order valence-corrected chi connectivity index (χ4v) is 2.30. The number of hydrogen-bond acceptors (Lipinski definition) is 3. The number of hydrogen-bond donors (Lipinski definition) is 1. The standard InChI is InChI=1S/C22H22O3/c1-3-4-5-6-15-25-19-11-8-18(9-12-19)10-14-22(24)20-16-17(2)7-13-21(20)23/h1,7-14,16,23H,4-6,15H2,2H3. The Balaban J connectivity index is 1.92. The molecule has 0 unspecified atom stereocenters. The maximum Gasteiger partial charge on any atom is 0.189 e. The van der Waals surface area contributed by atoms with E-state index in [1.54, 1.807) is 18.2 Å². The highest BCUT2D eigenvalue weighted by Gasteiger charge is 2.08. The molecule has 0 radical (unpaired) electrons. The molecule has 2 rings (SSSR count). The lowest BCUT2D eigenvalue weighted by Crippen LogP contribution is -1.97. The second-order valence-electron chi connectivity index (χ2n) is 5.80. The first-order valence-corrected chi connectivity index (χ1v) is 8.28. The summed E-state index contributed by atoms with van der Waals surface area (Å²) in [4.78, 5) is 12.2. The Labute approximate surface area is 149 Å². The Bertz CT molecular complexity index is 780. The molecular formula is C22H22O3. The quantitative estimate of drug-likeness (QED) is 0.327. The van der Waals surface area contributed by atoms with Gasteiger partial charge < -0.3 is 9.84 Å². The number of benzene rings is 2. The van der Waals surface area contributed by atoms with Crippen molar-refractivity contribution in [2.45, 2.75) is 26.2 Å². The Morgan fingerprint density at radius 2 is 1.96 bits per heavy atom. The zero-order valence-corrected chi connectivity index (χ0v) is 14.4. The van der Waals surface area contributed by atoms with Crippen molar-refractivity contribution < 1.29 is 14.6 Å². The maximum atomic E-state index is 12.2. The van der Waals surface area contributed by atoms with Gasteiger partial charge in [0, 0.05) is 6.42 Å². The fourth-order valence-electron chi connectivity index (χ4n) is 2.30. The van der Waals surface area contributed by atoms with Crippen molar-refractivity contribution in [2.24, 2.45) is 0 Å². The van der Waals surface area contributed by atoms with Crippen LogP contribution in [-0.2, 0) is 0 Å². The van der Waals surface area contributed by atoms with Crippen LogP contribution < -0.4 is 4.74 Å². The number of ketones is 1. The average molecular weight is 334 g/mol. The monoisotopic (exact) mass is 334 g/mol. The SMILES string of the molecule is C#CCCCCOc1ccc(C=CC(=O)c2cc(C)ccc2O)cc1. The summed E-state index contributed by atoms with van der Waals surface area (Å²) in [5.74, 6) is 3.17. The van der Waals surface area contributed by atoms with Crippen molar-refractivity contribution >= 4 is 11.9 Å². The Morgan fingerprint density at radius 1 is 1.20 bits per heavy atom. The van der Waals surface area contributed by atoms with Crippen LogP contribution in [0.15, 0.2) is 48.5 Å². The summed E-state index contributed by atoms with van der Waals surface area (Å²) in [7, 11) is 0. The third-order valence-electron chi connectivity index (χ3n) is 3.71. The van der Waals surface area contributed by atoms with Gasteiger partial charge in [-0.15, -0.1) is 12.3 Å². The number of ether oxygens (including phenoxy) is 1. The molecule has 0 saturated heterocycles. The van der Waals surface area contributed by atoms with Gasteiger partial charge in [0.2, 0.25) is 0 Å². The summed E-state index contributed by atoms with van der Waals surface area (Å²) >= 11 is 0. The number of aryl methyl sites for hydroxylation is 1. The van der Waals surface area contributed by atoms with E-state index in [-0.39, 0.29) is 11.5 Å². The number of carbonyl (C=O) groups excluding carboxylic acids is 1. The van der Waals surface area contributed by atoms with Crippen LogP contribution in [-0.4, -0.2) is 17.5 Å². The Kier molecular flexibility index (Phi) is 6.86. The minimum atomic E-state index is -0.227. The van der Waals surface area contributed by atoms with Crippen molar-refractivity contribution in [3.05, 3.63) is 65.2 Å². The van der Waals surface area contributed by atoms with E-state index in [9.17, 15) is 9.90 Å². The van der Waals surface area contributed by atoms with Crippen LogP contribution >= 0.6 is 0 Å². The van der Waals surface area contributed by atoms with Gasteiger partial charge in [-0.25, -0.2) is 0 Å². The van der Waals surface area contributed by atoms with Crippen LogP contribution in [0.3, 0.4) is 0 Å². The van der Waals surface area contributed by atoms with Crippen molar-refractivity contribution in [1.82, 2.24) is 0 Å². The van der Waals surface area contributed by atoms with Crippen LogP contribution in [0.25, 0.3) is 6.08 Å². The highest BCUT2D eigenvalue weighted by atomic mass is 16.5. The zero-order chi connectivity index (χ0) is 18.1. The van der Waals surface area contributed by atoms with E-state index in [1.165, 1.54) is 12.1 Å². The molecule has 0 aromatic heterocycles. The molecule has 0 aliphatic carbocycles. The molecule has 0 fully saturated rings. The predicted octanol–water partition coefficient (Wildman–Crippen LogP) is 4.78. The summed E-state index contributed by atoms with van der Waals surface area (Å²) in [5.41, 5.74) is 2.13. The van der Waals surface area contributed by atoms with E-state index < -0.39 is 0 Å². The minimum absolute atomic E-state index is 0.00571. The van der Waals surface area contributed by atoms with E-state index in [0.717, 1.165) is 36.1 Å². The van der Waals surface area contributed by atoms with E-state index >= 15 is 0 Å². The molecule has 25 heavy (non-hydrogen) atoms. The number of aromatic hydroxyl groups is 1. The predicted molar refractivity (Wildman–Crippen MR) is 101 cm³/mol. The minimum Gasteiger partial charge on any atom is -0.507 e. The molecule has 0 spiro atoms. The van der Waals surface area contributed by atoms with Crippen molar-refractivity contribution in [2.75, 3.05) is 6.61 Å². The topological polar surface area (TPSA) is 46.5 Å². The molecule has 0 aliphatic heterocycles. The first-order valence-electron chi connectivity index (χ1n) is 8.28. The van der Waals surface area contributed by atoms with Crippen LogP contribution in [0.4, 0.5) is 0 Å². The lowest BCUT2D eigenvalue weighted by molar-refractivity contribution is 0.104. The van der Waals surface area contributed by atoms with Crippen LogP contribution in [0.5, 0.6) is 11.5 Å². The van der Waals surface area contributed by atoms with Gasteiger partial charge in [-0.2, -0.15) is 0 Å². The number of terminal acetylenes is 1. The van der Waals surface area contributed by atoms with Gasteiger partial charge in [-0.3, -0.25) is 4.79 Å². The summed E-state index contributed by atoms with van der Waals surface area (Å²) < 4.78 is 5.64. The van der Waals surface area contributed by atoms with Crippen LogP contribution in [0.2, 0.25) is 0 Å². The summed E-state index contributed by atoms with van der Waals surface area (Å²) in [5, 5.41) is 9.79. The maximum absolute atomic E-state index is 12.2. The molecule has 3 nitrogen and oxygen atoms in total. The third-order valence-corrected chi connectivity index (χ3v) is 3.71. The largest absolute Gasteiger partial charge is 0.507 e. The average Bonchev–Trinajstić information content (AvgIpc) is 2.62. The van der Waals surface area contributed by atoms with Crippen LogP contribution in [0.1, 0.15) is 40.7 Å². The molecule has 0 saturated carbocycles. The molecule has 1 N–H and O–H groups in total. The fraction of sp³-hybridized carbons (Fsp3) is 0.227. The number of phenolic OH excluding ortho intramolecular Hbond substituents is 1. The first kappa shape index (κ1) is 18.4. The smallest absolute Gasteiger partial charge is 0.189 e. The first-order chi connectivity index (χ1) is 12.1. The Hall–Kier alpha value is -2.99. The molecule has 0 amide bonds. The molecule has 2 aromatic carbocycles. The van der Waals surface area contributed by atoms with Gasteiger partial charge in [-0.1, -0.05) is 29.8 Å². The molecule has 0 aliphatic rings. The van der Waals surface area contributed by atoms with Crippen molar-refractivity contribution in [3.63, 3.8) is 0 Å². The number of allylic oxidation sites excluding steroid dienone is 1. The number of carbonyl (C=O) groups is 1. The van der Waals surface area contributed by atoms with E-state index in [4.69, 9.17) is 11.2 Å². The molecule has 128 valence electrons. The van der Waals surface area contributed by atoms with E-state index in [1.807, 2.05) is 31.2 Å². The molecular weight excluding hydrogens is 312 g/mol. The zero-order valence-electron chi connectivity index (χ0n) is 14.4. The molecule has 0 atom stereocenters. The van der Waals surface area contributed by atoms with E-state index in [2.05, 4.69) is 5.92 Å². The third kappa shape index (κ3) is 5.86. The van der Waals surface area contributed by atoms with Crippen molar-refractivity contribution in [1.29, 1.82) is 0 Å². The van der Waals surface area contributed by atoms with Crippen LogP contribution in [0, 0.1) is 19.3 Å². The summed E-state index contributed by atoms with van der Waals surface area (Å²) in [6.07, 6.45) is 11.1. The Morgan fingerprint density at radius 3 is 2.68 bits per heavy atom. The number of phenols is 1. The lowest BCUT2D eigenvalue weighted by Gasteiger charge is -2.05. The van der Waals surface area contributed by atoms with Gasteiger partial charge >= 0.3 is 0 Å². The normalized spacial score (nSPS) is 10.6. The lowest BCUT2D eigenvalue weighted by atomic mass is 10.1. The van der Waals surface area contributed by atoms with Gasteiger partial charge in [0.15, 0.2) is 5.78 Å². The molecule has 2 aromatic rings. The highest BCUT2D eigenvalue weighted by Crippen LogP contribution is 2.20. The second-order valence-corrected chi connectivity index (χ2v) is 5.80. The summed E-state index contributed by atoms with van der Waals surface area (Å²) in [6.45, 7) is 2.52. The van der Waals surface area contributed by atoms with E-state index in [0.29, 0.717) is 12.2 Å². The summed E-state index contributed by atoms with van der Waals surface area (Å²) in [6, 6.07) is 12.5. The second kappa shape index (κ2) is 9.34. The molecule has 0 heterocycles. The molecule has 0 bridgehead atoms. The van der Waals surface area contributed by atoms with Crippen molar-refractivity contribution in [3.8, 4) is 23.8 Å². The molecule has 3 heteroatoms. The highest BCUT2D eigenvalue weighted by molar-refractivity contribution is 6.08. The number of rotatable bonds is 8. The van der Waals surface area contributed by atoms with Gasteiger partial charge in [-0.05, 0) is 55.7 Å². The van der Waals surface area contributed by atoms with Gasteiger partial charge in [0.05, 0.1) is 12.2 Å². The van der Waals surface area contributed by atoms with Gasteiger partial charge in [0.1, 0.15) is 11.5 Å². The van der Waals surface area contributed by atoms with Gasteiger partial charge in [0.25, 0.3) is 0 Å².